The number of carboxylic acids is 1. The lowest BCUT2D eigenvalue weighted by atomic mass is 10.1. The maximum atomic E-state index is 10.9. The van der Waals surface area contributed by atoms with Crippen molar-refractivity contribution in [1.29, 1.82) is 0 Å². The Balaban J connectivity index is 2.72. The fraction of sp³-hybridized carbons (Fsp3) is 0.231. The molecule has 0 amide bonds. The molecule has 8 heteroatoms. The molecule has 1 aromatic carbocycles. The quantitative estimate of drug-likeness (QED) is 0.907. The Kier molecular flexibility index (Phi) is 4.23. The highest BCUT2D eigenvalue weighted by molar-refractivity contribution is 6.35. The van der Waals surface area contributed by atoms with Crippen LogP contribution >= 0.6 is 11.6 Å². The van der Waals surface area contributed by atoms with Gasteiger partial charge in [-0.3, -0.25) is 0 Å². The van der Waals surface area contributed by atoms with Crippen LogP contribution in [0.3, 0.4) is 0 Å². The molecule has 112 valence electrons. The van der Waals surface area contributed by atoms with E-state index >= 15 is 0 Å². The Hall–Kier alpha value is -2.41. The molecule has 1 N–H and O–H groups in total. The maximum Gasteiger partial charge on any atom is 0.358 e. The summed E-state index contributed by atoms with van der Waals surface area (Å²) in [5, 5.41) is 12.6. The van der Waals surface area contributed by atoms with E-state index in [4.69, 9.17) is 35.4 Å². The van der Waals surface area contributed by atoms with Crippen LogP contribution in [0.25, 0.3) is 11.3 Å². The molecule has 0 unspecified atom stereocenters. The number of nitrogens with zero attached hydrogens (tertiary/aromatic N) is 1. The van der Waals surface area contributed by atoms with Gasteiger partial charge in [-0.25, -0.2) is 4.79 Å². The van der Waals surface area contributed by atoms with Crippen molar-refractivity contribution < 1.29 is 28.6 Å². The van der Waals surface area contributed by atoms with Crippen molar-refractivity contribution in [2.24, 2.45) is 0 Å². The van der Waals surface area contributed by atoms with Gasteiger partial charge in [0.25, 0.3) is 0 Å². The van der Waals surface area contributed by atoms with Crippen LogP contribution in [-0.4, -0.2) is 37.6 Å². The van der Waals surface area contributed by atoms with Crippen molar-refractivity contribution in [1.82, 2.24) is 5.16 Å². The predicted molar refractivity (Wildman–Crippen MR) is 73.6 cm³/mol. The molecule has 2 aromatic rings. The van der Waals surface area contributed by atoms with Gasteiger partial charge in [-0.05, 0) is 0 Å². The second-order valence-electron chi connectivity index (χ2n) is 3.88. The third kappa shape index (κ3) is 2.59. The van der Waals surface area contributed by atoms with Crippen molar-refractivity contribution in [3.05, 3.63) is 22.8 Å². The molecule has 0 atom stereocenters. The van der Waals surface area contributed by atoms with Crippen molar-refractivity contribution in [3.8, 4) is 28.6 Å². The predicted octanol–water partition coefficient (Wildman–Crippen LogP) is 2.72. The number of rotatable bonds is 5. The van der Waals surface area contributed by atoms with Gasteiger partial charge < -0.3 is 23.8 Å². The summed E-state index contributed by atoms with van der Waals surface area (Å²) >= 11 is 6.25. The average Bonchev–Trinajstić information content (AvgIpc) is 2.96. The monoisotopic (exact) mass is 313 g/mol. The molecule has 0 aliphatic carbocycles. The van der Waals surface area contributed by atoms with E-state index in [1.54, 1.807) is 6.07 Å². The summed E-state index contributed by atoms with van der Waals surface area (Å²) in [5.74, 6) is -0.0996. The van der Waals surface area contributed by atoms with Crippen LogP contribution in [0.5, 0.6) is 17.2 Å². The summed E-state index contributed by atoms with van der Waals surface area (Å²) in [5.41, 5.74) is 0.0558. The SMILES string of the molecule is COc1cc(OC)c(OC)c(-c2cc(C(=O)O)no2)c1Cl. The first-order valence-corrected chi connectivity index (χ1v) is 6.10. The fourth-order valence-electron chi connectivity index (χ4n) is 1.81. The molecule has 0 bridgehead atoms. The van der Waals surface area contributed by atoms with E-state index in [0.29, 0.717) is 17.1 Å². The molecule has 0 saturated heterocycles. The first kappa shape index (κ1) is 15.0. The minimum Gasteiger partial charge on any atom is -0.495 e. The third-order valence-electron chi connectivity index (χ3n) is 2.77. The van der Waals surface area contributed by atoms with Gasteiger partial charge in [0, 0.05) is 12.1 Å². The van der Waals surface area contributed by atoms with Crippen LogP contribution in [0.15, 0.2) is 16.7 Å². The van der Waals surface area contributed by atoms with E-state index in [1.165, 1.54) is 27.4 Å². The summed E-state index contributed by atoms with van der Waals surface area (Å²) in [6, 6.07) is 2.80. The summed E-state index contributed by atoms with van der Waals surface area (Å²) < 4.78 is 20.7. The molecular weight excluding hydrogens is 302 g/mol. The molecular formula is C13H12ClNO6. The number of carbonyl (C=O) groups is 1. The smallest absolute Gasteiger partial charge is 0.358 e. The van der Waals surface area contributed by atoms with E-state index in [-0.39, 0.29) is 22.2 Å². The Morgan fingerprint density at radius 3 is 2.33 bits per heavy atom. The maximum absolute atomic E-state index is 10.9. The molecule has 21 heavy (non-hydrogen) atoms. The number of benzene rings is 1. The van der Waals surface area contributed by atoms with Crippen molar-refractivity contribution >= 4 is 17.6 Å². The molecule has 1 heterocycles. The Morgan fingerprint density at radius 2 is 1.86 bits per heavy atom. The Morgan fingerprint density at radius 1 is 1.19 bits per heavy atom. The fourth-order valence-corrected chi connectivity index (χ4v) is 2.12. The van der Waals surface area contributed by atoms with Gasteiger partial charge in [0.15, 0.2) is 23.0 Å². The zero-order valence-electron chi connectivity index (χ0n) is 11.5. The van der Waals surface area contributed by atoms with Crippen molar-refractivity contribution in [2.75, 3.05) is 21.3 Å². The van der Waals surface area contributed by atoms with Crippen LogP contribution in [0, 0.1) is 0 Å². The Bertz CT molecular complexity index is 682. The van der Waals surface area contributed by atoms with E-state index in [9.17, 15) is 4.79 Å². The second kappa shape index (κ2) is 5.92. The van der Waals surface area contributed by atoms with Gasteiger partial charge in [0.05, 0.1) is 31.9 Å². The number of hydrogen-bond acceptors (Lipinski definition) is 6. The molecule has 2 rings (SSSR count). The molecule has 0 spiro atoms. The molecule has 0 radical (unpaired) electrons. The first-order valence-electron chi connectivity index (χ1n) is 5.72. The summed E-state index contributed by atoms with van der Waals surface area (Å²) in [4.78, 5) is 10.9. The van der Waals surface area contributed by atoms with Gasteiger partial charge in [0.1, 0.15) is 5.75 Å². The number of ether oxygens (including phenoxy) is 3. The van der Waals surface area contributed by atoms with E-state index < -0.39 is 5.97 Å². The van der Waals surface area contributed by atoms with Crippen LogP contribution in [-0.2, 0) is 0 Å². The van der Waals surface area contributed by atoms with Crippen LogP contribution in [0.2, 0.25) is 5.02 Å². The number of methoxy groups -OCH3 is 3. The molecule has 7 nitrogen and oxygen atoms in total. The van der Waals surface area contributed by atoms with Crippen LogP contribution < -0.4 is 14.2 Å². The van der Waals surface area contributed by atoms with E-state index in [1.807, 2.05) is 0 Å². The lowest BCUT2D eigenvalue weighted by molar-refractivity contribution is 0.0686. The van der Waals surface area contributed by atoms with Crippen molar-refractivity contribution in [3.63, 3.8) is 0 Å². The van der Waals surface area contributed by atoms with Gasteiger partial charge >= 0.3 is 5.97 Å². The molecule has 0 fully saturated rings. The molecule has 0 aliphatic heterocycles. The number of hydrogen-bond donors (Lipinski definition) is 1. The minimum absolute atomic E-state index is 0.131. The third-order valence-corrected chi connectivity index (χ3v) is 3.14. The van der Waals surface area contributed by atoms with Crippen LogP contribution in [0.1, 0.15) is 10.5 Å². The van der Waals surface area contributed by atoms with Gasteiger partial charge in [0.2, 0.25) is 0 Å². The standard InChI is InChI=1S/C13H12ClNO6/c1-18-8-5-9(19-2)12(20-3)10(11(8)14)7-4-6(13(16)17)15-21-7/h4-5H,1-3H3,(H,16,17). The summed E-state index contributed by atoms with van der Waals surface area (Å²) in [7, 11) is 4.33. The van der Waals surface area contributed by atoms with Crippen molar-refractivity contribution in [2.45, 2.75) is 0 Å². The lowest BCUT2D eigenvalue weighted by Gasteiger charge is -2.15. The Labute approximate surface area is 125 Å². The second-order valence-corrected chi connectivity index (χ2v) is 4.26. The first-order chi connectivity index (χ1) is 10.0. The molecule has 1 aromatic heterocycles. The number of halogens is 1. The topological polar surface area (TPSA) is 91.0 Å². The lowest BCUT2D eigenvalue weighted by Crippen LogP contribution is -1.97. The highest BCUT2D eigenvalue weighted by Gasteiger charge is 2.24. The summed E-state index contributed by atoms with van der Waals surface area (Å²) in [6.45, 7) is 0. The number of aromatic carboxylic acids is 1. The van der Waals surface area contributed by atoms with E-state index in [0.717, 1.165) is 0 Å². The molecule has 0 saturated carbocycles. The van der Waals surface area contributed by atoms with Gasteiger partial charge in [-0.15, -0.1) is 0 Å². The zero-order valence-corrected chi connectivity index (χ0v) is 12.2. The molecule has 0 aliphatic rings. The number of carboxylic acid groups (broad SMARTS) is 1. The normalized spacial score (nSPS) is 10.3. The number of aromatic nitrogens is 1. The van der Waals surface area contributed by atoms with Gasteiger partial charge in [-0.2, -0.15) is 0 Å². The van der Waals surface area contributed by atoms with E-state index in [2.05, 4.69) is 5.16 Å². The summed E-state index contributed by atoms with van der Waals surface area (Å²) in [6.07, 6.45) is 0. The largest absolute Gasteiger partial charge is 0.495 e. The average molecular weight is 314 g/mol. The zero-order chi connectivity index (χ0) is 15.6. The highest BCUT2D eigenvalue weighted by atomic mass is 35.5. The minimum atomic E-state index is -1.21. The highest BCUT2D eigenvalue weighted by Crippen LogP contribution is 2.48. The van der Waals surface area contributed by atoms with Crippen LogP contribution in [0.4, 0.5) is 0 Å². The van der Waals surface area contributed by atoms with Gasteiger partial charge in [-0.1, -0.05) is 16.8 Å².